The van der Waals surface area contributed by atoms with Crippen molar-refractivity contribution in [3.05, 3.63) is 89.4 Å². The van der Waals surface area contributed by atoms with Crippen LogP contribution in [-0.4, -0.2) is 25.7 Å². The van der Waals surface area contributed by atoms with E-state index in [1.807, 2.05) is 37.3 Å². The molecule has 5 rings (SSSR count). The first kappa shape index (κ1) is 20.2. The number of fused-ring (bicyclic) bond motifs is 1. The van der Waals surface area contributed by atoms with Gasteiger partial charge in [0.25, 0.3) is 5.91 Å². The number of nitrogens with one attached hydrogen (secondary N) is 2. The normalized spacial score (nSPS) is 13.7. The first-order chi connectivity index (χ1) is 15.7. The zero-order valence-electron chi connectivity index (χ0n) is 17.8. The van der Waals surface area contributed by atoms with Crippen LogP contribution < -0.4 is 5.32 Å². The maximum atomic E-state index is 14.4. The predicted molar refractivity (Wildman–Crippen MR) is 120 cm³/mol. The molecule has 162 valence electrons. The highest BCUT2D eigenvalue weighted by Gasteiger charge is 2.29. The molecular weight excluding hydrogens is 405 g/mol. The number of aromatic amines is 1. The second-order valence-corrected chi connectivity index (χ2v) is 7.97. The predicted octanol–water partition coefficient (Wildman–Crippen LogP) is 4.77. The monoisotopic (exact) mass is 429 g/mol. The number of hydrogen-bond donors (Lipinski definition) is 2. The van der Waals surface area contributed by atoms with E-state index in [0.29, 0.717) is 23.6 Å². The Morgan fingerprint density at radius 2 is 1.94 bits per heavy atom. The number of nitrogens with zero attached hydrogens (tertiary/aromatic N) is 3. The van der Waals surface area contributed by atoms with Gasteiger partial charge in [0.2, 0.25) is 0 Å². The Balaban J connectivity index is 1.42. The lowest BCUT2D eigenvalue weighted by Gasteiger charge is -2.14. The number of amides is 1. The third kappa shape index (κ3) is 3.60. The van der Waals surface area contributed by atoms with Gasteiger partial charge in [0.05, 0.1) is 17.9 Å². The van der Waals surface area contributed by atoms with Crippen molar-refractivity contribution in [1.29, 1.82) is 0 Å². The minimum Gasteiger partial charge on any atom is -0.341 e. The van der Waals surface area contributed by atoms with Crippen molar-refractivity contribution in [2.45, 2.75) is 38.6 Å². The molecule has 2 N–H and O–H groups in total. The molecule has 1 aliphatic rings. The molecule has 2 aromatic heterocycles. The number of hydrogen-bond acceptors (Lipinski definition) is 3. The third-order valence-corrected chi connectivity index (χ3v) is 5.95. The Morgan fingerprint density at radius 1 is 1.16 bits per heavy atom. The largest absolute Gasteiger partial charge is 0.341 e. The number of H-pyrrole nitrogens is 1. The summed E-state index contributed by atoms with van der Waals surface area (Å²) in [6, 6.07) is 16.2. The van der Waals surface area contributed by atoms with Gasteiger partial charge in [-0.05, 0) is 43.4 Å². The van der Waals surface area contributed by atoms with Gasteiger partial charge in [-0.3, -0.25) is 4.79 Å². The van der Waals surface area contributed by atoms with Gasteiger partial charge >= 0.3 is 0 Å². The molecule has 0 bridgehead atoms. The van der Waals surface area contributed by atoms with Crippen molar-refractivity contribution in [2.75, 3.05) is 0 Å². The number of carbonyl (C=O) groups excluding carboxylic acids is 1. The molecule has 1 aliphatic carbocycles. The Hall–Kier alpha value is -3.74. The van der Waals surface area contributed by atoms with Crippen molar-refractivity contribution in [3.8, 4) is 16.9 Å². The van der Waals surface area contributed by atoms with Crippen LogP contribution in [0.1, 0.15) is 53.4 Å². The average Bonchev–Trinajstić information content (AvgIpc) is 3.55. The number of rotatable bonds is 6. The molecule has 6 nitrogen and oxygen atoms in total. The molecule has 2 aromatic carbocycles. The summed E-state index contributed by atoms with van der Waals surface area (Å²) in [6.07, 6.45) is 4.92. The van der Waals surface area contributed by atoms with Crippen LogP contribution in [0.25, 0.3) is 16.9 Å². The number of carbonyl (C=O) groups is 1. The molecule has 4 aromatic rings. The third-order valence-electron chi connectivity index (χ3n) is 5.95. The average molecular weight is 429 g/mol. The second kappa shape index (κ2) is 8.42. The Morgan fingerprint density at radius 3 is 2.72 bits per heavy atom. The Kier molecular flexibility index (Phi) is 5.31. The SMILES string of the molecule is CCC(NC(=O)c1nn(-c2ccccc2F)c2c1CCC2)c1ncc(-c2ccccc2)[nH]1. The molecule has 1 atom stereocenters. The van der Waals surface area contributed by atoms with Crippen LogP contribution in [0.2, 0.25) is 0 Å². The van der Waals surface area contributed by atoms with E-state index in [-0.39, 0.29) is 17.8 Å². The van der Waals surface area contributed by atoms with Crippen molar-refractivity contribution < 1.29 is 9.18 Å². The number of para-hydroxylation sites is 1. The number of benzene rings is 2. The highest BCUT2D eigenvalue weighted by Crippen LogP contribution is 2.29. The van der Waals surface area contributed by atoms with Crippen LogP contribution in [-0.2, 0) is 12.8 Å². The summed E-state index contributed by atoms with van der Waals surface area (Å²) < 4.78 is 16.0. The quantitative estimate of drug-likeness (QED) is 0.464. The van der Waals surface area contributed by atoms with Crippen molar-refractivity contribution in [1.82, 2.24) is 25.1 Å². The molecule has 7 heteroatoms. The van der Waals surface area contributed by atoms with E-state index < -0.39 is 0 Å². The number of aromatic nitrogens is 4. The Bertz CT molecular complexity index is 1260. The van der Waals surface area contributed by atoms with E-state index in [2.05, 4.69) is 20.4 Å². The summed E-state index contributed by atoms with van der Waals surface area (Å²) in [7, 11) is 0. The molecular formula is C25H24FN5O. The first-order valence-corrected chi connectivity index (χ1v) is 10.9. The lowest BCUT2D eigenvalue weighted by Crippen LogP contribution is -2.30. The lowest BCUT2D eigenvalue weighted by molar-refractivity contribution is 0.0927. The molecule has 0 saturated carbocycles. The van der Waals surface area contributed by atoms with Crippen LogP contribution in [0.3, 0.4) is 0 Å². The van der Waals surface area contributed by atoms with Gasteiger partial charge in [-0.1, -0.05) is 49.4 Å². The van der Waals surface area contributed by atoms with Gasteiger partial charge in [-0.15, -0.1) is 0 Å². The van der Waals surface area contributed by atoms with Crippen LogP contribution in [0, 0.1) is 5.82 Å². The van der Waals surface area contributed by atoms with Gasteiger partial charge in [-0.2, -0.15) is 5.10 Å². The van der Waals surface area contributed by atoms with Crippen LogP contribution in [0.15, 0.2) is 60.8 Å². The molecule has 0 saturated heterocycles. The number of halogens is 1. The molecule has 0 fully saturated rings. The van der Waals surface area contributed by atoms with E-state index in [0.717, 1.165) is 41.8 Å². The van der Waals surface area contributed by atoms with Crippen LogP contribution in [0.5, 0.6) is 0 Å². The first-order valence-electron chi connectivity index (χ1n) is 10.9. The molecule has 0 aliphatic heterocycles. The molecule has 1 unspecified atom stereocenters. The van der Waals surface area contributed by atoms with E-state index in [9.17, 15) is 9.18 Å². The molecule has 2 heterocycles. The minimum atomic E-state index is -0.355. The zero-order valence-corrected chi connectivity index (χ0v) is 17.8. The fraction of sp³-hybridized carbons (Fsp3) is 0.240. The topological polar surface area (TPSA) is 75.6 Å². The van der Waals surface area contributed by atoms with Gasteiger partial charge in [-0.25, -0.2) is 14.1 Å². The van der Waals surface area contributed by atoms with Gasteiger partial charge in [0.1, 0.15) is 17.3 Å². The second-order valence-electron chi connectivity index (χ2n) is 7.97. The highest BCUT2D eigenvalue weighted by atomic mass is 19.1. The molecule has 1 amide bonds. The zero-order chi connectivity index (χ0) is 22.1. The highest BCUT2D eigenvalue weighted by molar-refractivity contribution is 5.94. The van der Waals surface area contributed by atoms with Crippen LogP contribution in [0.4, 0.5) is 4.39 Å². The van der Waals surface area contributed by atoms with Crippen LogP contribution >= 0.6 is 0 Å². The fourth-order valence-electron chi connectivity index (χ4n) is 4.31. The maximum Gasteiger partial charge on any atom is 0.272 e. The fourth-order valence-corrected chi connectivity index (χ4v) is 4.31. The van der Waals surface area contributed by atoms with Crippen molar-refractivity contribution in [3.63, 3.8) is 0 Å². The summed E-state index contributed by atoms with van der Waals surface area (Å²) in [6.45, 7) is 2.00. The van der Waals surface area contributed by atoms with Gasteiger partial charge in [0, 0.05) is 11.3 Å². The standard InChI is InChI=1S/C25H24FN5O/c1-2-19(24-27-15-20(28-24)16-9-4-3-5-10-16)29-25(32)23-17-11-8-14-21(17)31(30-23)22-13-7-6-12-18(22)26/h3-7,9-10,12-13,15,19H,2,8,11,14H2,1H3,(H,27,28)(H,29,32). The summed E-state index contributed by atoms with van der Waals surface area (Å²) in [5, 5.41) is 7.60. The Labute approximate surface area is 185 Å². The smallest absolute Gasteiger partial charge is 0.272 e. The summed E-state index contributed by atoms with van der Waals surface area (Å²) in [5.41, 5.74) is 4.50. The maximum absolute atomic E-state index is 14.4. The summed E-state index contributed by atoms with van der Waals surface area (Å²) >= 11 is 0. The molecule has 0 radical (unpaired) electrons. The van der Waals surface area contributed by atoms with E-state index in [1.165, 1.54) is 6.07 Å². The molecule has 0 spiro atoms. The van der Waals surface area contributed by atoms with E-state index in [1.54, 1.807) is 29.1 Å². The summed E-state index contributed by atoms with van der Waals surface area (Å²) in [5.74, 6) is 0.0831. The van der Waals surface area contributed by atoms with Gasteiger partial charge < -0.3 is 10.3 Å². The van der Waals surface area contributed by atoms with E-state index in [4.69, 9.17) is 0 Å². The molecule has 32 heavy (non-hydrogen) atoms. The summed E-state index contributed by atoms with van der Waals surface area (Å²) in [4.78, 5) is 21.1. The number of imidazole rings is 1. The minimum absolute atomic E-state index is 0.261. The van der Waals surface area contributed by atoms with E-state index >= 15 is 0 Å². The van der Waals surface area contributed by atoms with Crippen molar-refractivity contribution in [2.24, 2.45) is 0 Å². The lowest BCUT2D eigenvalue weighted by atomic mass is 10.1. The van der Waals surface area contributed by atoms with Gasteiger partial charge in [0.15, 0.2) is 5.69 Å². The van der Waals surface area contributed by atoms with Crippen molar-refractivity contribution >= 4 is 5.91 Å².